The Morgan fingerprint density at radius 2 is 2.25 bits per heavy atom. The lowest BCUT2D eigenvalue weighted by atomic mass is 10.2. The molecule has 0 bridgehead atoms. The van der Waals surface area contributed by atoms with Crippen molar-refractivity contribution in [1.29, 1.82) is 0 Å². The van der Waals surface area contributed by atoms with Crippen molar-refractivity contribution < 1.29 is 9.63 Å². The number of amides is 1. The fourth-order valence-electron chi connectivity index (χ4n) is 1.31. The summed E-state index contributed by atoms with van der Waals surface area (Å²) in [7, 11) is 0. The summed E-state index contributed by atoms with van der Waals surface area (Å²) in [6.45, 7) is 8.74. The van der Waals surface area contributed by atoms with Gasteiger partial charge in [-0.15, -0.1) is 11.3 Å². The van der Waals surface area contributed by atoms with E-state index in [1.54, 1.807) is 0 Å². The van der Waals surface area contributed by atoms with Crippen molar-refractivity contribution in [3.63, 3.8) is 0 Å². The molecule has 1 heterocycles. The van der Waals surface area contributed by atoms with E-state index in [0.717, 1.165) is 11.3 Å². The number of hydrogen-bond acceptors (Lipinski definition) is 3. The monoisotopic (exact) mass is 241 g/mol. The number of nitrogens with one attached hydrogen (secondary N) is 1. The van der Waals surface area contributed by atoms with Crippen molar-refractivity contribution in [2.45, 2.75) is 34.1 Å². The minimum atomic E-state index is -0.145. The molecule has 90 valence electrons. The Bertz CT molecular complexity index is 358. The Morgan fingerprint density at radius 1 is 1.56 bits per heavy atom. The Labute approximate surface area is 101 Å². The van der Waals surface area contributed by atoms with Crippen molar-refractivity contribution in [2.75, 3.05) is 6.61 Å². The zero-order chi connectivity index (χ0) is 12.1. The number of aryl methyl sites for hydroxylation is 2. The molecule has 0 radical (unpaired) electrons. The van der Waals surface area contributed by atoms with E-state index in [-0.39, 0.29) is 5.91 Å². The van der Waals surface area contributed by atoms with E-state index in [0.29, 0.717) is 12.5 Å². The first kappa shape index (κ1) is 13.2. The largest absolute Gasteiger partial charge is 0.284 e. The Kier molecular flexibility index (Phi) is 4.96. The summed E-state index contributed by atoms with van der Waals surface area (Å²) in [5.41, 5.74) is 3.65. The van der Waals surface area contributed by atoms with Crippen LogP contribution in [0, 0.1) is 12.8 Å². The molecule has 0 unspecified atom stereocenters. The number of carbonyl (C=O) groups is 1. The third kappa shape index (κ3) is 3.61. The van der Waals surface area contributed by atoms with Crippen molar-refractivity contribution in [3.05, 3.63) is 21.4 Å². The third-order valence-electron chi connectivity index (χ3n) is 2.15. The van der Waals surface area contributed by atoms with Gasteiger partial charge in [-0.1, -0.05) is 20.8 Å². The molecule has 0 fully saturated rings. The Balaban J connectivity index is 2.52. The van der Waals surface area contributed by atoms with Gasteiger partial charge in [-0.05, 0) is 30.9 Å². The quantitative estimate of drug-likeness (QED) is 0.805. The molecule has 1 aromatic heterocycles. The van der Waals surface area contributed by atoms with Gasteiger partial charge in [0.1, 0.15) is 0 Å². The summed E-state index contributed by atoms with van der Waals surface area (Å²) in [4.78, 5) is 18.8. The molecule has 0 aliphatic rings. The average molecular weight is 241 g/mol. The molecule has 0 aromatic carbocycles. The standard InChI is InChI=1S/C12H19NO2S/c1-5-10-9(4)6-11(16-10)12(14)13-15-7-8(2)3/h6,8H,5,7H2,1-4H3,(H,13,14). The van der Waals surface area contributed by atoms with Gasteiger partial charge in [0.15, 0.2) is 0 Å². The van der Waals surface area contributed by atoms with Gasteiger partial charge >= 0.3 is 0 Å². The van der Waals surface area contributed by atoms with Gasteiger partial charge < -0.3 is 0 Å². The molecule has 0 aliphatic heterocycles. The molecule has 4 heteroatoms. The van der Waals surface area contributed by atoms with E-state index in [2.05, 4.69) is 12.4 Å². The minimum Gasteiger partial charge on any atom is -0.273 e. The highest BCUT2D eigenvalue weighted by Crippen LogP contribution is 2.22. The van der Waals surface area contributed by atoms with Crippen LogP contribution in [0.3, 0.4) is 0 Å². The van der Waals surface area contributed by atoms with Crippen LogP contribution in [0.15, 0.2) is 6.07 Å². The smallest absolute Gasteiger partial charge is 0.273 e. The van der Waals surface area contributed by atoms with Crippen LogP contribution in [0.5, 0.6) is 0 Å². The molecule has 3 nitrogen and oxygen atoms in total. The number of rotatable bonds is 5. The van der Waals surface area contributed by atoms with E-state index < -0.39 is 0 Å². The van der Waals surface area contributed by atoms with Gasteiger partial charge in [-0.3, -0.25) is 9.63 Å². The molecule has 16 heavy (non-hydrogen) atoms. The molecule has 0 aliphatic carbocycles. The SMILES string of the molecule is CCc1sc(C(=O)NOCC(C)C)cc1C. The number of carbonyl (C=O) groups excluding carboxylic acids is 1. The van der Waals surface area contributed by atoms with Crippen molar-refractivity contribution >= 4 is 17.2 Å². The van der Waals surface area contributed by atoms with Crippen LogP contribution >= 0.6 is 11.3 Å². The van der Waals surface area contributed by atoms with E-state index >= 15 is 0 Å². The molecule has 0 atom stereocenters. The summed E-state index contributed by atoms with van der Waals surface area (Å²) in [5.74, 6) is 0.269. The second-order valence-electron chi connectivity index (χ2n) is 4.21. The van der Waals surface area contributed by atoms with Gasteiger partial charge in [-0.25, -0.2) is 5.48 Å². The number of hydrogen-bond donors (Lipinski definition) is 1. The van der Waals surface area contributed by atoms with Crippen molar-refractivity contribution in [2.24, 2.45) is 5.92 Å². The predicted octanol–water partition coefficient (Wildman–Crippen LogP) is 2.94. The van der Waals surface area contributed by atoms with Crippen LogP contribution in [-0.4, -0.2) is 12.5 Å². The number of hydroxylamine groups is 1. The molecule has 1 N–H and O–H groups in total. The third-order valence-corrected chi connectivity index (χ3v) is 3.53. The van der Waals surface area contributed by atoms with Crippen LogP contribution in [0.4, 0.5) is 0 Å². The van der Waals surface area contributed by atoms with E-state index in [1.165, 1.54) is 21.8 Å². The zero-order valence-electron chi connectivity index (χ0n) is 10.3. The van der Waals surface area contributed by atoms with Crippen LogP contribution in [0.1, 0.15) is 40.9 Å². The fraction of sp³-hybridized carbons (Fsp3) is 0.583. The summed E-state index contributed by atoms with van der Waals surface area (Å²) in [6, 6.07) is 1.91. The topological polar surface area (TPSA) is 38.3 Å². The highest BCUT2D eigenvalue weighted by Gasteiger charge is 2.11. The van der Waals surface area contributed by atoms with Crippen molar-refractivity contribution in [1.82, 2.24) is 5.48 Å². The first-order chi connectivity index (χ1) is 7.54. The summed E-state index contributed by atoms with van der Waals surface area (Å²) < 4.78 is 0. The second-order valence-corrected chi connectivity index (χ2v) is 5.34. The summed E-state index contributed by atoms with van der Waals surface area (Å²) >= 11 is 1.53. The van der Waals surface area contributed by atoms with Gasteiger partial charge in [-0.2, -0.15) is 0 Å². The molecule has 1 rings (SSSR count). The van der Waals surface area contributed by atoms with Gasteiger partial charge in [0.2, 0.25) is 0 Å². The van der Waals surface area contributed by atoms with Gasteiger partial charge in [0.05, 0.1) is 11.5 Å². The van der Waals surface area contributed by atoms with Gasteiger partial charge in [0, 0.05) is 4.88 Å². The summed E-state index contributed by atoms with van der Waals surface area (Å²) in [5, 5.41) is 0. The maximum atomic E-state index is 11.7. The Hall–Kier alpha value is -0.870. The minimum absolute atomic E-state index is 0.145. The van der Waals surface area contributed by atoms with Crippen LogP contribution < -0.4 is 5.48 Å². The lowest BCUT2D eigenvalue weighted by molar-refractivity contribution is 0.0212. The molecule has 0 spiro atoms. The molecule has 1 amide bonds. The van der Waals surface area contributed by atoms with Gasteiger partial charge in [0.25, 0.3) is 5.91 Å². The highest BCUT2D eigenvalue weighted by molar-refractivity contribution is 7.14. The Morgan fingerprint density at radius 3 is 2.75 bits per heavy atom. The first-order valence-corrected chi connectivity index (χ1v) is 6.37. The molecular formula is C12H19NO2S. The highest BCUT2D eigenvalue weighted by atomic mass is 32.1. The zero-order valence-corrected chi connectivity index (χ0v) is 11.1. The fourth-order valence-corrected chi connectivity index (χ4v) is 2.31. The van der Waals surface area contributed by atoms with E-state index in [9.17, 15) is 4.79 Å². The molecule has 1 aromatic rings. The van der Waals surface area contributed by atoms with Crippen LogP contribution in [-0.2, 0) is 11.3 Å². The van der Waals surface area contributed by atoms with Crippen LogP contribution in [0.25, 0.3) is 0 Å². The van der Waals surface area contributed by atoms with Crippen molar-refractivity contribution in [3.8, 4) is 0 Å². The average Bonchev–Trinajstić information content (AvgIpc) is 2.59. The lowest BCUT2D eigenvalue weighted by Gasteiger charge is -2.06. The van der Waals surface area contributed by atoms with E-state index in [1.807, 2.05) is 26.8 Å². The first-order valence-electron chi connectivity index (χ1n) is 5.56. The maximum absolute atomic E-state index is 11.7. The molecular weight excluding hydrogens is 222 g/mol. The normalized spacial score (nSPS) is 10.8. The maximum Gasteiger partial charge on any atom is 0.284 e. The second kappa shape index (κ2) is 6.01. The predicted molar refractivity (Wildman–Crippen MR) is 66.7 cm³/mol. The van der Waals surface area contributed by atoms with E-state index in [4.69, 9.17) is 4.84 Å². The number of thiophene rings is 1. The molecule has 0 saturated carbocycles. The molecule has 0 saturated heterocycles. The van der Waals surface area contributed by atoms with Crippen LogP contribution in [0.2, 0.25) is 0 Å². The lowest BCUT2D eigenvalue weighted by Crippen LogP contribution is -2.24. The summed E-state index contributed by atoms with van der Waals surface area (Å²) in [6.07, 6.45) is 0.969.